The standard InChI is InChI=1S/C13H14N4O5S2/c14-24(21,22)13-3-1-2-12(8-13)17-16-11-6-4-10(5-7-11)15-9-23(18,19)20/h1-8,15H,9H2,(H2,14,21,22)(H,18,19,20)/p-1. The Morgan fingerprint density at radius 3 is 2.17 bits per heavy atom. The van der Waals surface area contributed by atoms with Gasteiger partial charge in [0.25, 0.3) is 0 Å². The van der Waals surface area contributed by atoms with E-state index in [0.29, 0.717) is 17.1 Å². The fraction of sp³-hybridized carbons (Fsp3) is 0.0769. The van der Waals surface area contributed by atoms with Gasteiger partial charge in [-0.3, -0.25) is 0 Å². The summed E-state index contributed by atoms with van der Waals surface area (Å²) >= 11 is 0. The van der Waals surface area contributed by atoms with Crippen molar-refractivity contribution in [2.24, 2.45) is 15.4 Å². The molecule has 0 aromatic heterocycles. The lowest BCUT2D eigenvalue weighted by Crippen LogP contribution is -2.12. The van der Waals surface area contributed by atoms with E-state index in [-0.39, 0.29) is 4.90 Å². The summed E-state index contributed by atoms with van der Waals surface area (Å²) in [6.07, 6.45) is 0. The average Bonchev–Trinajstić information content (AvgIpc) is 2.51. The molecule has 0 fully saturated rings. The summed E-state index contributed by atoms with van der Waals surface area (Å²) < 4.78 is 54.1. The van der Waals surface area contributed by atoms with E-state index in [0.717, 1.165) is 0 Å². The van der Waals surface area contributed by atoms with Gasteiger partial charge in [0, 0.05) is 5.69 Å². The summed E-state index contributed by atoms with van der Waals surface area (Å²) in [7, 11) is -8.17. The molecule has 0 unspecified atom stereocenters. The van der Waals surface area contributed by atoms with Crippen LogP contribution in [0.15, 0.2) is 63.7 Å². The van der Waals surface area contributed by atoms with Crippen molar-refractivity contribution in [1.29, 1.82) is 0 Å². The first-order valence-corrected chi connectivity index (χ1v) is 9.58. The second-order valence-corrected chi connectivity index (χ2v) is 7.63. The van der Waals surface area contributed by atoms with Gasteiger partial charge in [0.05, 0.1) is 16.3 Å². The Hall–Kier alpha value is -2.34. The smallest absolute Gasteiger partial charge is 0.238 e. The van der Waals surface area contributed by atoms with Gasteiger partial charge in [-0.15, -0.1) is 0 Å². The zero-order valence-electron chi connectivity index (χ0n) is 12.2. The highest BCUT2D eigenvalue weighted by molar-refractivity contribution is 7.89. The van der Waals surface area contributed by atoms with E-state index >= 15 is 0 Å². The molecular formula is C13H13N4O5S2-. The molecule has 0 saturated heterocycles. The quantitative estimate of drug-likeness (QED) is 0.583. The number of hydrogen-bond acceptors (Lipinski definition) is 8. The summed E-state index contributed by atoms with van der Waals surface area (Å²) in [6, 6.07) is 11.8. The molecule has 0 atom stereocenters. The average molecular weight is 369 g/mol. The fourth-order valence-electron chi connectivity index (χ4n) is 1.66. The third kappa shape index (κ3) is 5.70. The van der Waals surface area contributed by atoms with Gasteiger partial charge in [-0.05, 0) is 42.5 Å². The molecule has 2 aromatic carbocycles. The van der Waals surface area contributed by atoms with E-state index in [1.807, 2.05) is 0 Å². The van der Waals surface area contributed by atoms with E-state index in [4.69, 9.17) is 5.14 Å². The zero-order valence-corrected chi connectivity index (χ0v) is 13.8. The van der Waals surface area contributed by atoms with Crippen LogP contribution in [0.1, 0.15) is 0 Å². The van der Waals surface area contributed by atoms with Gasteiger partial charge >= 0.3 is 0 Å². The fourth-order valence-corrected chi connectivity index (χ4v) is 2.55. The molecule has 128 valence electrons. The van der Waals surface area contributed by atoms with E-state index < -0.39 is 26.0 Å². The molecule has 2 aromatic rings. The second kappa shape index (κ2) is 7.05. The largest absolute Gasteiger partial charge is 0.747 e. The van der Waals surface area contributed by atoms with Crippen molar-refractivity contribution in [1.82, 2.24) is 0 Å². The van der Waals surface area contributed by atoms with Gasteiger partial charge in [-0.2, -0.15) is 10.2 Å². The van der Waals surface area contributed by atoms with Crippen LogP contribution < -0.4 is 10.5 Å². The zero-order chi connectivity index (χ0) is 17.8. The maximum Gasteiger partial charge on any atom is 0.238 e. The molecule has 0 spiro atoms. The first-order chi connectivity index (χ1) is 11.1. The molecule has 0 saturated carbocycles. The molecule has 0 radical (unpaired) electrons. The molecule has 2 rings (SSSR count). The predicted molar refractivity (Wildman–Crippen MR) is 86.6 cm³/mol. The third-order valence-electron chi connectivity index (χ3n) is 2.75. The highest BCUT2D eigenvalue weighted by Gasteiger charge is 2.07. The summed E-state index contributed by atoms with van der Waals surface area (Å²) in [5.41, 5.74) is 1.19. The van der Waals surface area contributed by atoms with Gasteiger partial charge in [0.1, 0.15) is 16.0 Å². The van der Waals surface area contributed by atoms with Crippen LogP contribution in [0.5, 0.6) is 0 Å². The summed E-state index contributed by atoms with van der Waals surface area (Å²) in [5, 5.41) is 15.3. The van der Waals surface area contributed by atoms with Gasteiger partial charge in [-0.25, -0.2) is 22.0 Å². The summed E-state index contributed by atoms with van der Waals surface area (Å²) in [4.78, 5) is -0.0719. The third-order valence-corrected chi connectivity index (χ3v) is 4.16. The van der Waals surface area contributed by atoms with Gasteiger partial charge < -0.3 is 9.87 Å². The van der Waals surface area contributed by atoms with E-state index in [2.05, 4.69) is 15.5 Å². The van der Waals surface area contributed by atoms with Crippen LogP contribution in [0.4, 0.5) is 17.1 Å². The molecule has 0 heterocycles. The Labute approximate surface area is 139 Å². The molecule has 0 aliphatic rings. The number of hydrogen-bond donors (Lipinski definition) is 2. The minimum absolute atomic E-state index is 0.0719. The molecule has 0 amide bonds. The minimum atomic E-state index is -4.36. The predicted octanol–water partition coefficient (Wildman–Crippen LogP) is 1.66. The minimum Gasteiger partial charge on any atom is -0.747 e. The van der Waals surface area contributed by atoms with Crippen LogP contribution in [0.25, 0.3) is 0 Å². The number of sulfonamides is 1. The van der Waals surface area contributed by atoms with Crippen molar-refractivity contribution in [3.05, 3.63) is 48.5 Å². The number of rotatable bonds is 6. The number of azo groups is 1. The number of primary sulfonamides is 1. The first-order valence-electron chi connectivity index (χ1n) is 6.46. The van der Waals surface area contributed by atoms with E-state index in [1.165, 1.54) is 30.3 Å². The van der Waals surface area contributed by atoms with Gasteiger partial charge in [0.15, 0.2) is 0 Å². The molecule has 0 aliphatic carbocycles. The Kier molecular flexibility index (Phi) is 5.29. The van der Waals surface area contributed by atoms with Gasteiger partial charge in [-0.1, -0.05) is 6.07 Å². The maximum absolute atomic E-state index is 11.3. The Morgan fingerprint density at radius 1 is 0.958 bits per heavy atom. The lowest BCUT2D eigenvalue weighted by molar-refractivity contribution is 0.465. The number of nitrogens with two attached hydrogens (primary N) is 1. The molecule has 9 nitrogen and oxygen atoms in total. The van der Waals surface area contributed by atoms with Crippen molar-refractivity contribution in [3.8, 4) is 0 Å². The number of anilines is 1. The van der Waals surface area contributed by atoms with Crippen LogP contribution in [-0.2, 0) is 20.1 Å². The molecule has 0 bridgehead atoms. The molecular weight excluding hydrogens is 356 g/mol. The van der Waals surface area contributed by atoms with E-state index in [1.54, 1.807) is 18.2 Å². The SMILES string of the molecule is NS(=O)(=O)c1cccc(N=Nc2ccc(NCS(=O)(=O)[O-])cc2)c1. The normalized spacial score (nSPS) is 12.4. The van der Waals surface area contributed by atoms with Crippen molar-refractivity contribution >= 4 is 37.2 Å². The second-order valence-electron chi connectivity index (χ2n) is 4.67. The lowest BCUT2D eigenvalue weighted by Gasteiger charge is -2.09. The summed E-state index contributed by atoms with van der Waals surface area (Å²) in [6.45, 7) is 0. The highest BCUT2D eigenvalue weighted by atomic mass is 32.2. The van der Waals surface area contributed by atoms with Crippen LogP contribution in [0.2, 0.25) is 0 Å². The van der Waals surface area contributed by atoms with Crippen molar-refractivity contribution in [3.63, 3.8) is 0 Å². The van der Waals surface area contributed by atoms with Crippen LogP contribution in [0, 0.1) is 0 Å². The molecule has 24 heavy (non-hydrogen) atoms. The number of nitrogens with one attached hydrogen (secondary N) is 1. The monoisotopic (exact) mass is 369 g/mol. The van der Waals surface area contributed by atoms with Crippen molar-refractivity contribution in [2.45, 2.75) is 4.90 Å². The number of nitrogens with zero attached hydrogens (tertiary/aromatic N) is 2. The Morgan fingerprint density at radius 2 is 1.58 bits per heavy atom. The Bertz CT molecular complexity index is 954. The summed E-state index contributed by atoms with van der Waals surface area (Å²) in [5.74, 6) is -0.714. The van der Waals surface area contributed by atoms with Crippen LogP contribution in [-0.4, -0.2) is 27.3 Å². The maximum atomic E-state index is 11.3. The highest BCUT2D eigenvalue weighted by Crippen LogP contribution is 2.22. The topological polar surface area (TPSA) is 154 Å². The number of benzene rings is 2. The molecule has 11 heteroatoms. The van der Waals surface area contributed by atoms with Crippen molar-refractivity contribution < 1.29 is 21.4 Å². The first kappa shape index (κ1) is 18.0. The van der Waals surface area contributed by atoms with Crippen LogP contribution >= 0.6 is 0 Å². The van der Waals surface area contributed by atoms with E-state index in [9.17, 15) is 21.4 Å². The molecule has 0 aliphatic heterocycles. The Balaban J connectivity index is 2.10. The van der Waals surface area contributed by atoms with Gasteiger partial charge in [0.2, 0.25) is 10.0 Å². The van der Waals surface area contributed by atoms with Crippen LogP contribution in [0.3, 0.4) is 0 Å². The van der Waals surface area contributed by atoms with Crippen molar-refractivity contribution in [2.75, 3.05) is 11.2 Å². The molecule has 3 N–H and O–H groups in total. The lowest BCUT2D eigenvalue weighted by atomic mass is 10.3.